The maximum atomic E-state index is 13.6. The molecule has 0 aliphatic rings. The van der Waals surface area contributed by atoms with Gasteiger partial charge in [0.05, 0.1) is 0 Å². The summed E-state index contributed by atoms with van der Waals surface area (Å²) in [4.78, 5) is 11.6. The van der Waals surface area contributed by atoms with Crippen molar-refractivity contribution in [2.24, 2.45) is 5.92 Å². The Balaban J connectivity index is 2.33. The number of carbonyl (C=O) groups excluding carboxylic acids is 1. The fraction of sp³-hybridized carbons (Fsp3) is 0.188. The van der Waals surface area contributed by atoms with Gasteiger partial charge in [-0.3, -0.25) is 4.79 Å². The molecule has 0 saturated carbocycles. The summed E-state index contributed by atoms with van der Waals surface area (Å²) in [6, 6.07) is 14.1. The fourth-order valence-electron chi connectivity index (χ4n) is 1.75. The average Bonchev–Trinajstić information content (AvgIpc) is 2.39. The minimum Gasteiger partial charge on any atom is -0.326 e. The normalized spacial score (nSPS) is 10.5. The highest BCUT2D eigenvalue weighted by Gasteiger charge is 2.09. The van der Waals surface area contributed by atoms with Gasteiger partial charge in [0.2, 0.25) is 5.91 Å². The Kier molecular flexibility index (Phi) is 3.95. The van der Waals surface area contributed by atoms with Crippen LogP contribution in [0.25, 0.3) is 11.1 Å². The molecule has 1 amide bonds. The molecule has 2 aromatic rings. The number of rotatable bonds is 3. The predicted octanol–water partition coefficient (Wildman–Crippen LogP) is 4.09. The molecule has 0 aliphatic carbocycles. The second-order valence-corrected chi connectivity index (χ2v) is 4.74. The van der Waals surface area contributed by atoms with Crippen LogP contribution in [-0.4, -0.2) is 5.91 Å². The van der Waals surface area contributed by atoms with Gasteiger partial charge < -0.3 is 5.32 Å². The summed E-state index contributed by atoms with van der Waals surface area (Å²) in [7, 11) is 0. The molecule has 3 heteroatoms. The van der Waals surface area contributed by atoms with E-state index in [2.05, 4.69) is 5.32 Å². The van der Waals surface area contributed by atoms with Crippen molar-refractivity contribution in [3.63, 3.8) is 0 Å². The summed E-state index contributed by atoms with van der Waals surface area (Å²) in [6.45, 7) is 3.60. The van der Waals surface area contributed by atoms with Crippen LogP contribution >= 0.6 is 0 Å². The molecular weight excluding hydrogens is 241 g/mol. The molecule has 0 unspecified atom stereocenters. The van der Waals surface area contributed by atoms with Crippen molar-refractivity contribution < 1.29 is 9.18 Å². The molecule has 19 heavy (non-hydrogen) atoms. The number of hydrogen-bond donors (Lipinski definition) is 1. The number of nitrogens with one attached hydrogen (secondary N) is 1. The first kappa shape index (κ1) is 13.3. The minimum absolute atomic E-state index is 0.121. The highest BCUT2D eigenvalue weighted by Crippen LogP contribution is 2.24. The van der Waals surface area contributed by atoms with Crippen molar-refractivity contribution in [2.75, 3.05) is 5.32 Å². The van der Waals surface area contributed by atoms with Crippen LogP contribution in [0.1, 0.15) is 13.8 Å². The van der Waals surface area contributed by atoms with Crippen molar-refractivity contribution in [1.82, 2.24) is 0 Å². The lowest BCUT2D eigenvalue weighted by atomic mass is 10.0. The maximum absolute atomic E-state index is 13.6. The Hall–Kier alpha value is -2.16. The molecule has 0 spiro atoms. The zero-order chi connectivity index (χ0) is 13.8. The van der Waals surface area contributed by atoms with Gasteiger partial charge in [-0.05, 0) is 29.3 Å². The summed E-state index contributed by atoms with van der Waals surface area (Å²) >= 11 is 0. The number of benzene rings is 2. The Morgan fingerprint density at radius 1 is 1.05 bits per heavy atom. The van der Waals surface area contributed by atoms with E-state index in [0.717, 1.165) is 11.1 Å². The quantitative estimate of drug-likeness (QED) is 0.881. The fourth-order valence-corrected chi connectivity index (χ4v) is 1.75. The molecule has 2 rings (SSSR count). The molecule has 0 aromatic heterocycles. The second kappa shape index (κ2) is 5.65. The number of anilines is 1. The monoisotopic (exact) mass is 257 g/mol. The van der Waals surface area contributed by atoms with Gasteiger partial charge in [-0.1, -0.05) is 44.2 Å². The molecule has 0 radical (unpaired) electrons. The number of amides is 1. The minimum atomic E-state index is -0.361. The Bertz CT molecular complexity index is 579. The van der Waals surface area contributed by atoms with Gasteiger partial charge in [0.1, 0.15) is 5.82 Å². The molecule has 0 bridgehead atoms. The zero-order valence-corrected chi connectivity index (χ0v) is 11.0. The summed E-state index contributed by atoms with van der Waals surface area (Å²) in [5, 5.41) is 2.71. The highest BCUT2D eigenvalue weighted by molar-refractivity contribution is 5.92. The largest absolute Gasteiger partial charge is 0.326 e. The predicted molar refractivity (Wildman–Crippen MR) is 75.3 cm³/mol. The first-order chi connectivity index (χ1) is 9.06. The standard InChI is InChI=1S/C16H16FNO/c1-11(2)16(19)18-15-9-13(8-14(17)10-15)12-6-4-3-5-7-12/h3-11H,1-2H3,(H,18,19). The lowest BCUT2D eigenvalue weighted by molar-refractivity contribution is -0.118. The van der Waals surface area contributed by atoms with E-state index in [-0.39, 0.29) is 17.6 Å². The van der Waals surface area contributed by atoms with Gasteiger partial charge in [0.15, 0.2) is 0 Å². The maximum Gasteiger partial charge on any atom is 0.226 e. The highest BCUT2D eigenvalue weighted by atomic mass is 19.1. The summed E-state index contributed by atoms with van der Waals surface area (Å²) in [6.07, 6.45) is 0. The van der Waals surface area contributed by atoms with Gasteiger partial charge in [-0.25, -0.2) is 4.39 Å². The first-order valence-electron chi connectivity index (χ1n) is 6.23. The van der Waals surface area contributed by atoms with Gasteiger partial charge in [0, 0.05) is 11.6 Å². The van der Waals surface area contributed by atoms with Crippen LogP contribution in [0.15, 0.2) is 48.5 Å². The van der Waals surface area contributed by atoms with Crippen molar-refractivity contribution in [3.8, 4) is 11.1 Å². The molecule has 0 aliphatic heterocycles. The van der Waals surface area contributed by atoms with Crippen molar-refractivity contribution in [1.29, 1.82) is 0 Å². The van der Waals surface area contributed by atoms with Gasteiger partial charge in [-0.2, -0.15) is 0 Å². The zero-order valence-electron chi connectivity index (χ0n) is 11.0. The van der Waals surface area contributed by atoms with Crippen LogP contribution in [0.4, 0.5) is 10.1 Å². The smallest absolute Gasteiger partial charge is 0.226 e. The van der Waals surface area contributed by atoms with Crippen LogP contribution in [0, 0.1) is 11.7 Å². The third kappa shape index (κ3) is 3.41. The molecule has 98 valence electrons. The van der Waals surface area contributed by atoms with E-state index in [1.165, 1.54) is 12.1 Å². The first-order valence-corrected chi connectivity index (χ1v) is 6.23. The average molecular weight is 257 g/mol. The second-order valence-electron chi connectivity index (χ2n) is 4.74. The van der Waals surface area contributed by atoms with Gasteiger partial charge >= 0.3 is 0 Å². The third-order valence-corrected chi connectivity index (χ3v) is 2.80. The van der Waals surface area contributed by atoms with E-state index >= 15 is 0 Å². The van der Waals surface area contributed by atoms with Crippen LogP contribution in [-0.2, 0) is 4.79 Å². The van der Waals surface area contributed by atoms with Crippen molar-refractivity contribution >= 4 is 11.6 Å². The Morgan fingerprint density at radius 2 is 1.74 bits per heavy atom. The van der Waals surface area contributed by atoms with Crippen molar-refractivity contribution in [3.05, 3.63) is 54.3 Å². The molecule has 2 nitrogen and oxygen atoms in total. The molecule has 0 saturated heterocycles. The van der Waals surface area contributed by atoms with Gasteiger partial charge in [-0.15, -0.1) is 0 Å². The topological polar surface area (TPSA) is 29.1 Å². The molecule has 1 N–H and O–H groups in total. The Morgan fingerprint density at radius 3 is 2.37 bits per heavy atom. The SMILES string of the molecule is CC(C)C(=O)Nc1cc(F)cc(-c2ccccc2)c1. The van der Waals surface area contributed by atoms with E-state index in [9.17, 15) is 9.18 Å². The van der Waals surface area contributed by atoms with Crippen LogP contribution in [0.3, 0.4) is 0 Å². The Labute approximate surface area is 112 Å². The molecule has 2 aromatic carbocycles. The lowest BCUT2D eigenvalue weighted by Crippen LogP contribution is -2.17. The molecule has 0 atom stereocenters. The summed E-state index contributed by atoms with van der Waals surface area (Å²) < 4.78 is 13.6. The van der Waals surface area contributed by atoms with Crippen LogP contribution in [0.5, 0.6) is 0 Å². The van der Waals surface area contributed by atoms with E-state index in [4.69, 9.17) is 0 Å². The number of halogens is 1. The molecule has 0 heterocycles. The third-order valence-electron chi connectivity index (χ3n) is 2.80. The molecule has 0 fully saturated rings. The summed E-state index contributed by atoms with van der Waals surface area (Å²) in [5.74, 6) is -0.617. The van der Waals surface area contributed by atoms with E-state index in [1.807, 2.05) is 30.3 Å². The van der Waals surface area contributed by atoms with E-state index in [1.54, 1.807) is 19.9 Å². The van der Waals surface area contributed by atoms with Crippen molar-refractivity contribution in [2.45, 2.75) is 13.8 Å². The van der Waals surface area contributed by atoms with Gasteiger partial charge in [0.25, 0.3) is 0 Å². The molecular formula is C16H16FNO. The number of carbonyl (C=O) groups is 1. The van der Waals surface area contributed by atoms with Crippen LogP contribution < -0.4 is 5.32 Å². The lowest BCUT2D eigenvalue weighted by Gasteiger charge is -2.10. The summed E-state index contributed by atoms with van der Waals surface area (Å²) in [5.41, 5.74) is 2.15. The van der Waals surface area contributed by atoms with E-state index in [0.29, 0.717) is 5.69 Å². The van der Waals surface area contributed by atoms with E-state index < -0.39 is 0 Å². The number of hydrogen-bond acceptors (Lipinski definition) is 1. The van der Waals surface area contributed by atoms with Crippen LogP contribution in [0.2, 0.25) is 0 Å².